The molecule has 0 saturated carbocycles. The van der Waals surface area contributed by atoms with Crippen LogP contribution in [-0.2, 0) is 25.5 Å². The van der Waals surface area contributed by atoms with E-state index < -0.39 is 11.9 Å². The third kappa shape index (κ3) is 7.35. The van der Waals surface area contributed by atoms with Crippen LogP contribution in [0, 0.1) is 0 Å². The predicted octanol–water partition coefficient (Wildman–Crippen LogP) is 2.58. The maximum absolute atomic E-state index is 11.2. The lowest BCUT2D eigenvalue weighted by Gasteiger charge is -2.16. The van der Waals surface area contributed by atoms with Crippen LogP contribution < -0.4 is 0 Å². The van der Waals surface area contributed by atoms with Crippen LogP contribution in [0.2, 0.25) is 0 Å². The van der Waals surface area contributed by atoms with Gasteiger partial charge < -0.3 is 19.5 Å². The Hall–Kier alpha value is -2.22. The molecule has 6 nitrogen and oxygen atoms in total. The second kappa shape index (κ2) is 10.7. The molecule has 0 atom stereocenters. The number of carbonyl (C=O) groups is 2. The summed E-state index contributed by atoms with van der Waals surface area (Å²) in [5.41, 5.74) is 1.27. The highest BCUT2D eigenvalue weighted by Gasteiger charge is 2.03. The fraction of sp³-hybridized carbons (Fsp3) is 0.368. The summed E-state index contributed by atoms with van der Waals surface area (Å²) >= 11 is 1.75. The summed E-state index contributed by atoms with van der Waals surface area (Å²) in [6.07, 6.45) is 2.54. The van der Waals surface area contributed by atoms with E-state index in [1.807, 2.05) is 11.9 Å². The highest BCUT2D eigenvalue weighted by Crippen LogP contribution is 2.21. The predicted molar refractivity (Wildman–Crippen MR) is 102 cm³/mol. The van der Waals surface area contributed by atoms with Gasteiger partial charge in [0.1, 0.15) is 6.61 Å². The summed E-state index contributed by atoms with van der Waals surface area (Å²) in [5, 5.41) is 11.8. The summed E-state index contributed by atoms with van der Waals surface area (Å²) in [6, 6.07) is 8.62. The molecular formula is C19H23NO5S. The van der Waals surface area contributed by atoms with Crippen molar-refractivity contribution in [1.82, 2.24) is 4.90 Å². The molecule has 1 heterocycles. The van der Waals surface area contributed by atoms with Gasteiger partial charge in [-0.05, 0) is 41.9 Å². The van der Waals surface area contributed by atoms with Crippen LogP contribution in [0.3, 0.4) is 0 Å². The maximum Gasteiger partial charge on any atom is 0.331 e. The summed E-state index contributed by atoms with van der Waals surface area (Å²) in [5.74, 6) is -1.83. The van der Waals surface area contributed by atoms with E-state index in [0.29, 0.717) is 19.8 Å². The van der Waals surface area contributed by atoms with E-state index in [1.165, 1.54) is 15.6 Å². The minimum Gasteiger partial charge on any atom is -0.478 e. The quantitative estimate of drug-likeness (QED) is 0.368. The molecule has 7 heteroatoms. The highest BCUT2D eigenvalue weighted by molar-refractivity contribution is 7.17. The minimum atomic E-state index is -1.17. The van der Waals surface area contributed by atoms with Gasteiger partial charge in [-0.3, -0.25) is 0 Å². The zero-order chi connectivity index (χ0) is 18.8. The number of thiophene rings is 1. The number of benzene rings is 1. The minimum absolute atomic E-state index is 0.208. The Morgan fingerprint density at radius 3 is 2.77 bits per heavy atom. The fourth-order valence-electron chi connectivity index (χ4n) is 2.29. The number of hydrogen-bond acceptors (Lipinski definition) is 6. The van der Waals surface area contributed by atoms with Crippen molar-refractivity contribution in [3.63, 3.8) is 0 Å². The monoisotopic (exact) mass is 377 g/mol. The Bertz CT molecular complexity index is 755. The van der Waals surface area contributed by atoms with Crippen molar-refractivity contribution in [2.75, 3.05) is 40.0 Å². The van der Waals surface area contributed by atoms with Crippen LogP contribution in [0.4, 0.5) is 0 Å². The molecule has 0 spiro atoms. The Morgan fingerprint density at radius 2 is 1.96 bits per heavy atom. The summed E-state index contributed by atoms with van der Waals surface area (Å²) in [6.45, 7) is 2.76. The number of fused-ring (bicyclic) bond motifs is 1. The largest absolute Gasteiger partial charge is 0.478 e. The van der Waals surface area contributed by atoms with Crippen LogP contribution in [0.5, 0.6) is 0 Å². The Labute approximate surface area is 156 Å². The normalized spacial score (nSPS) is 11.5. The molecule has 0 aliphatic rings. The van der Waals surface area contributed by atoms with Crippen LogP contribution in [0.1, 0.15) is 5.56 Å². The summed E-state index contributed by atoms with van der Waals surface area (Å²) in [7, 11) is 1.91. The van der Waals surface area contributed by atoms with Gasteiger partial charge in [0, 0.05) is 29.9 Å². The van der Waals surface area contributed by atoms with Crippen LogP contribution >= 0.6 is 11.3 Å². The molecule has 1 aromatic heterocycles. The van der Waals surface area contributed by atoms with Crippen molar-refractivity contribution in [3.05, 3.63) is 47.4 Å². The molecular weight excluding hydrogens is 354 g/mol. The van der Waals surface area contributed by atoms with E-state index in [9.17, 15) is 9.59 Å². The molecule has 1 N–H and O–H groups in total. The van der Waals surface area contributed by atoms with E-state index in [4.69, 9.17) is 14.6 Å². The molecule has 1 aromatic carbocycles. The van der Waals surface area contributed by atoms with Gasteiger partial charge in [0.05, 0.1) is 13.2 Å². The first-order valence-corrected chi connectivity index (χ1v) is 9.23. The first-order chi connectivity index (χ1) is 12.5. The van der Waals surface area contributed by atoms with Gasteiger partial charge in [-0.1, -0.05) is 12.1 Å². The molecule has 0 radical (unpaired) electrons. The smallest absolute Gasteiger partial charge is 0.331 e. The third-order valence-corrected chi connectivity index (χ3v) is 4.65. The van der Waals surface area contributed by atoms with Crippen LogP contribution in [0.25, 0.3) is 10.1 Å². The standard InChI is InChI=1S/C19H23NO5S/c1-20(9-12-25-19(23)5-4-18(21)22)8-11-24-10-6-15-2-3-17-16(14-15)7-13-26-17/h2-5,7,13-14H,6,8-12H2,1H3,(H,21,22). The lowest BCUT2D eigenvalue weighted by Crippen LogP contribution is -2.27. The molecule has 2 aromatic rings. The SMILES string of the molecule is CN(CCOCCc1ccc2sccc2c1)CCOC(=O)C=CC(=O)O. The molecule has 2 rings (SSSR count). The number of likely N-dealkylation sites (N-methyl/N-ethyl adjacent to an activating group) is 1. The van der Waals surface area contributed by atoms with Gasteiger partial charge in [0.15, 0.2) is 0 Å². The van der Waals surface area contributed by atoms with Gasteiger partial charge >= 0.3 is 11.9 Å². The number of esters is 1. The summed E-state index contributed by atoms with van der Waals surface area (Å²) < 4.78 is 11.9. The van der Waals surface area contributed by atoms with Gasteiger partial charge in [0.2, 0.25) is 0 Å². The molecule has 0 unspecified atom stereocenters. The number of hydrogen-bond donors (Lipinski definition) is 1. The van der Waals surface area contributed by atoms with Crippen molar-refractivity contribution in [2.24, 2.45) is 0 Å². The number of carboxylic acid groups (broad SMARTS) is 1. The van der Waals surface area contributed by atoms with Crippen molar-refractivity contribution in [3.8, 4) is 0 Å². The Balaban J connectivity index is 1.53. The number of ether oxygens (including phenoxy) is 2. The second-order valence-electron chi connectivity index (χ2n) is 5.80. The molecule has 140 valence electrons. The van der Waals surface area contributed by atoms with Crippen LogP contribution in [0.15, 0.2) is 41.8 Å². The third-order valence-electron chi connectivity index (χ3n) is 3.75. The summed E-state index contributed by atoms with van der Waals surface area (Å²) in [4.78, 5) is 23.5. The van der Waals surface area contributed by atoms with E-state index in [0.717, 1.165) is 25.1 Å². The van der Waals surface area contributed by atoms with E-state index in [2.05, 4.69) is 29.6 Å². The fourth-order valence-corrected chi connectivity index (χ4v) is 3.06. The zero-order valence-electron chi connectivity index (χ0n) is 14.7. The van der Waals surface area contributed by atoms with E-state index in [-0.39, 0.29) is 6.61 Å². The molecule has 0 bridgehead atoms. The first-order valence-electron chi connectivity index (χ1n) is 8.35. The topological polar surface area (TPSA) is 76.1 Å². The molecule has 26 heavy (non-hydrogen) atoms. The molecule has 0 saturated heterocycles. The van der Waals surface area contributed by atoms with Crippen molar-refractivity contribution in [2.45, 2.75) is 6.42 Å². The second-order valence-corrected chi connectivity index (χ2v) is 6.75. The van der Waals surface area contributed by atoms with Gasteiger partial charge in [-0.15, -0.1) is 11.3 Å². The lowest BCUT2D eigenvalue weighted by atomic mass is 10.1. The number of aliphatic carboxylic acids is 1. The van der Waals surface area contributed by atoms with Gasteiger partial charge in [0.25, 0.3) is 0 Å². The molecule has 0 amide bonds. The first kappa shape index (κ1) is 20.1. The lowest BCUT2D eigenvalue weighted by molar-refractivity contribution is -0.139. The maximum atomic E-state index is 11.2. The van der Waals surface area contributed by atoms with Crippen molar-refractivity contribution >= 4 is 33.4 Å². The van der Waals surface area contributed by atoms with Crippen LogP contribution in [-0.4, -0.2) is 61.9 Å². The molecule has 0 aliphatic carbocycles. The Kier molecular flexibility index (Phi) is 8.27. The van der Waals surface area contributed by atoms with Gasteiger partial charge in [-0.25, -0.2) is 9.59 Å². The van der Waals surface area contributed by atoms with Crippen molar-refractivity contribution in [1.29, 1.82) is 0 Å². The average Bonchev–Trinajstić information content (AvgIpc) is 3.07. The van der Waals surface area contributed by atoms with E-state index in [1.54, 1.807) is 11.3 Å². The van der Waals surface area contributed by atoms with Gasteiger partial charge in [-0.2, -0.15) is 0 Å². The Morgan fingerprint density at radius 1 is 1.15 bits per heavy atom. The number of carbonyl (C=O) groups excluding carboxylic acids is 1. The molecule has 0 fully saturated rings. The average molecular weight is 377 g/mol. The number of carboxylic acids is 1. The van der Waals surface area contributed by atoms with E-state index >= 15 is 0 Å². The molecule has 0 aliphatic heterocycles. The zero-order valence-corrected chi connectivity index (χ0v) is 15.5. The number of nitrogens with zero attached hydrogens (tertiary/aromatic N) is 1. The highest BCUT2D eigenvalue weighted by atomic mass is 32.1. The number of rotatable bonds is 11. The van der Waals surface area contributed by atoms with Crippen molar-refractivity contribution < 1.29 is 24.2 Å².